The van der Waals surface area contributed by atoms with E-state index in [1.54, 1.807) is 12.1 Å². The van der Waals surface area contributed by atoms with Gasteiger partial charge in [-0.3, -0.25) is 9.59 Å². The molecule has 1 rings (SSSR count). The molecule has 0 saturated carbocycles. The van der Waals surface area contributed by atoms with Gasteiger partial charge in [0, 0.05) is 18.0 Å². The van der Waals surface area contributed by atoms with Crippen LogP contribution < -0.4 is 0 Å². The SMILES string of the molecule is CCCN(CC(=O)O)C(=O)C#Cc1ccccc1. The van der Waals surface area contributed by atoms with E-state index >= 15 is 0 Å². The molecule has 0 heterocycles. The third kappa shape index (κ3) is 4.71. The first-order chi connectivity index (χ1) is 8.63. The summed E-state index contributed by atoms with van der Waals surface area (Å²) >= 11 is 0. The van der Waals surface area contributed by atoms with Crippen LogP contribution in [0.15, 0.2) is 30.3 Å². The highest BCUT2D eigenvalue weighted by Gasteiger charge is 2.13. The number of amides is 1. The van der Waals surface area contributed by atoms with Crippen LogP contribution in [0.5, 0.6) is 0 Å². The van der Waals surface area contributed by atoms with E-state index in [4.69, 9.17) is 5.11 Å². The normalized spacial score (nSPS) is 9.17. The third-order valence-corrected chi connectivity index (χ3v) is 2.19. The molecule has 0 bridgehead atoms. The lowest BCUT2D eigenvalue weighted by atomic mass is 10.2. The maximum Gasteiger partial charge on any atom is 0.323 e. The van der Waals surface area contributed by atoms with E-state index in [2.05, 4.69) is 11.8 Å². The van der Waals surface area contributed by atoms with Crippen molar-refractivity contribution in [2.45, 2.75) is 13.3 Å². The van der Waals surface area contributed by atoms with Gasteiger partial charge < -0.3 is 10.0 Å². The van der Waals surface area contributed by atoms with Gasteiger partial charge in [0.25, 0.3) is 5.91 Å². The molecule has 0 unspecified atom stereocenters. The Morgan fingerprint density at radius 1 is 1.28 bits per heavy atom. The lowest BCUT2D eigenvalue weighted by Crippen LogP contribution is -2.35. The third-order valence-electron chi connectivity index (χ3n) is 2.19. The Kier molecular flexibility index (Phi) is 5.46. The highest BCUT2D eigenvalue weighted by molar-refractivity contribution is 5.95. The molecule has 1 aromatic rings. The minimum absolute atomic E-state index is 0.309. The largest absolute Gasteiger partial charge is 0.480 e. The number of benzene rings is 1. The van der Waals surface area contributed by atoms with Crippen LogP contribution in [0, 0.1) is 11.8 Å². The number of hydrogen-bond acceptors (Lipinski definition) is 2. The van der Waals surface area contributed by atoms with Crippen LogP contribution in [0.4, 0.5) is 0 Å². The summed E-state index contributed by atoms with van der Waals surface area (Å²) in [7, 11) is 0. The summed E-state index contributed by atoms with van der Waals surface area (Å²) in [5.74, 6) is 3.70. The number of carbonyl (C=O) groups is 2. The first-order valence-electron chi connectivity index (χ1n) is 5.71. The zero-order chi connectivity index (χ0) is 13.4. The summed E-state index contributed by atoms with van der Waals surface area (Å²) in [6.07, 6.45) is 0.700. The summed E-state index contributed by atoms with van der Waals surface area (Å²) < 4.78 is 0. The second-order valence-corrected chi connectivity index (χ2v) is 3.74. The van der Waals surface area contributed by atoms with Gasteiger partial charge in [-0.15, -0.1) is 0 Å². The second kappa shape index (κ2) is 7.13. The number of aliphatic carboxylic acids is 1. The van der Waals surface area contributed by atoms with E-state index in [9.17, 15) is 9.59 Å². The monoisotopic (exact) mass is 245 g/mol. The molecule has 4 heteroatoms. The smallest absolute Gasteiger partial charge is 0.323 e. The summed E-state index contributed by atoms with van der Waals surface area (Å²) in [5.41, 5.74) is 0.734. The Hall–Kier alpha value is -2.28. The van der Waals surface area contributed by atoms with Gasteiger partial charge in [0.2, 0.25) is 0 Å². The number of carboxylic acid groups (broad SMARTS) is 1. The molecule has 0 radical (unpaired) electrons. The van der Waals surface area contributed by atoms with E-state index < -0.39 is 11.9 Å². The average Bonchev–Trinajstić information content (AvgIpc) is 2.36. The minimum atomic E-state index is -1.03. The van der Waals surface area contributed by atoms with Crippen molar-refractivity contribution in [1.82, 2.24) is 4.90 Å². The van der Waals surface area contributed by atoms with Crippen LogP contribution in [0.3, 0.4) is 0 Å². The molecule has 0 spiro atoms. The standard InChI is InChI=1S/C14H15NO3/c1-2-10-15(11-14(17)18)13(16)9-8-12-6-4-3-5-7-12/h3-7H,2,10-11H2,1H3,(H,17,18). The molecular formula is C14H15NO3. The van der Waals surface area contributed by atoms with Crippen molar-refractivity contribution >= 4 is 11.9 Å². The first kappa shape index (κ1) is 13.8. The molecule has 94 valence electrons. The van der Waals surface area contributed by atoms with E-state index in [1.807, 2.05) is 25.1 Å². The van der Waals surface area contributed by atoms with Gasteiger partial charge in [-0.1, -0.05) is 31.0 Å². The highest BCUT2D eigenvalue weighted by Crippen LogP contribution is 1.96. The summed E-state index contributed by atoms with van der Waals surface area (Å²) in [5, 5.41) is 8.70. The summed E-state index contributed by atoms with van der Waals surface area (Å²) in [6, 6.07) is 9.11. The molecule has 18 heavy (non-hydrogen) atoms. The van der Waals surface area contributed by atoms with Crippen LogP contribution in [0.1, 0.15) is 18.9 Å². The number of hydrogen-bond donors (Lipinski definition) is 1. The Morgan fingerprint density at radius 3 is 2.50 bits per heavy atom. The Bertz CT molecular complexity index is 471. The van der Waals surface area contributed by atoms with E-state index in [1.165, 1.54) is 4.90 Å². The van der Waals surface area contributed by atoms with Crippen LogP contribution in [-0.2, 0) is 9.59 Å². The fraction of sp³-hybridized carbons (Fsp3) is 0.286. The van der Waals surface area contributed by atoms with Gasteiger partial charge in [-0.2, -0.15) is 0 Å². The molecule has 0 saturated heterocycles. The lowest BCUT2D eigenvalue weighted by molar-refractivity contribution is -0.142. The Morgan fingerprint density at radius 2 is 1.94 bits per heavy atom. The highest BCUT2D eigenvalue weighted by atomic mass is 16.4. The number of carboxylic acids is 1. The fourth-order valence-corrected chi connectivity index (χ4v) is 1.41. The molecule has 0 aliphatic rings. The van der Waals surface area contributed by atoms with Crippen molar-refractivity contribution in [3.8, 4) is 11.8 Å². The predicted molar refractivity (Wildman–Crippen MR) is 67.8 cm³/mol. The second-order valence-electron chi connectivity index (χ2n) is 3.74. The summed E-state index contributed by atoms with van der Waals surface area (Å²) in [6.45, 7) is 1.97. The topological polar surface area (TPSA) is 57.6 Å². The zero-order valence-electron chi connectivity index (χ0n) is 10.2. The molecule has 0 aromatic heterocycles. The van der Waals surface area contributed by atoms with Crippen molar-refractivity contribution in [2.24, 2.45) is 0 Å². The molecular weight excluding hydrogens is 230 g/mol. The Balaban J connectivity index is 2.73. The van der Waals surface area contributed by atoms with Gasteiger partial charge in [-0.25, -0.2) is 0 Å². The van der Waals surface area contributed by atoms with Crippen molar-refractivity contribution < 1.29 is 14.7 Å². The molecule has 1 amide bonds. The molecule has 4 nitrogen and oxygen atoms in total. The van der Waals surface area contributed by atoms with Gasteiger partial charge in [-0.05, 0) is 18.6 Å². The predicted octanol–water partition coefficient (Wildman–Crippen LogP) is 1.36. The quantitative estimate of drug-likeness (QED) is 0.815. The van der Waals surface area contributed by atoms with Gasteiger partial charge in [0.15, 0.2) is 0 Å². The van der Waals surface area contributed by atoms with Crippen LogP contribution in [0.25, 0.3) is 0 Å². The maximum atomic E-state index is 11.7. The number of rotatable bonds is 4. The molecule has 1 aromatic carbocycles. The van der Waals surface area contributed by atoms with E-state index in [0.717, 1.165) is 5.56 Å². The van der Waals surface area contributed by atoms with E-state index in [-0.39, 0.29) is 6.54 Å². The molecule has 0 aliphatic heterocycles. The molecule has 0 aliphatic carbocycles. The minimum Gasteiger partial charge on any atom is -0.480 e. The van der Waals surface area contributed by atoms with Crippen molar-refractivity contribution in [1.29, 1.82) is 0 Å². The van der Waals surface area contributed by atoms with Crippen molar-refractivity contribution in [3.63, 3.8) is 0 Å². The molecule has 1 N–H and O–H groups in total. The van der Waals surface area contributed by atoms with Gasteiger partial charge in [0.1, 0.15) is 6.54 Å². The first-order valence-corrected chi connectivity index (χ1v) is 5.71. The fourth-order valence-electron chi connectivity index (χ4n) is 1.41. The van der Waals surface area contributed by atoms with Crippen LogP contribution in [-0.4, -0.2) is 35.0 Å². The van der Waals surface area contributed by atoms with Gasteiger partial charge in [0.05, 0.1) is 0 Å². The molecule has 0 fully saturated rings. The molecule has 0 atom stereocenters. The van der Waals surface area contributed by atoms with Crippen LogP contribution >= 0.6 is 0 Å². The summed E-state index contributed by atoms with van der Waals surface area (Å²) in [4.78, 5) is 23.6. The Labute approximate surface area is 106 Å². The van der Waals surface area contributed by atoms with Crippen molar-refractivity contribution in [3.05, 3.63) is 35.9 Å². The van der Waals surface area contributed by atoms with Crippen LogP contribution in [0.2, 0.25) is 0 Å². The van der Waals surface area contributed by atoms with E-state index in [0.29, 0.717) is 13.0 Å². The van der Waals surface area contributed by atoms with Crippen molar-refractivity contribution in [2.75, 3.05) is 13.1 Å². The zero-order valence-corrected chi connectivity index (χ0v) is 10.2. The maximum absolute atomic E-state index is 11.7. The van der Waals surface area contributed by atoms with Gasteiger partial charge >= 0.3 is 5.97 Å². The number of nitrogens with zero attached hydrogens (tertiary/aromatic N) is 1. The number of carbonyl (C=O) groups excluding carboxylic acids is 1. The lowest BCUT2D eigenvalue weighted by Gasteiger charge is -2.16. The average molecular weight is 245 g/mol.